The van der Waals surface area contributed by atoms with Gasteiger partial charge in [-0.2, -0.15) is 0 Å². The Kier molecular flexibility index (Phi) is 4.29. The van der Waals surface area contributed by atoms with Crippen LogP contribution in [0.1, 0.15) is 35.4 Å². The van der Waals surface area contributed by atoms with E-state index >= 15 is 0 Å². The van der Waals surface area contributed by atoms with Crippen molar-refractivity contribution < 1.29 is 4.74 Å². The Bertz CT molecular complexity index is 596. The van der Waals surface area contributed by atoms with Crippen molar-refractivity contribution in [1.29, 1.82) is 0 Å². The number of thiophene rings is 1. The summed E-state index contributed by atoms with van der Waals surface area (Å²) in [6, 6.07) is 11.0. The topological polar surface area (TPSA) is 21.3 Å². The minimum atomic E-state index is 0.377. The molecule has 1 atom stereocenters. The first-order valence-electron chi connectivity index (χ1n) is 6.99. The smallest absolute Gasteiger partial charge is 0.122 e. The molecule has 0 radical (unpaired) electrons. The molecule has 0 aliphatic carbocycles. The largest absolute Gasteiger partial charge is 0.493 e. The van der Waals surface area contributed by atoms with Gasteiger partial charge in [-0.3, -0.25) is 0 Å². The van der Waals surface area contributed by atoms with E-state index in [0.29, 0.717) is 6.04 Å². The van der Waals surface area contributed by atoms with E-state index in [2.05, 4.69) is 36.5 Å². The van der Waals surface area contributed by atoms with Gasteiger partial charge in [0.05, 0.1) is 10.9 Å². The molecule has 0 saturated heterocycles. The summed E-state index contributed by atoms with van der Waals surface area (Å²) in [4.78, 5) is 1.28. The highest BCUT2D eigenvalue weighted by atomic mass is 35.5. The molecule has 2 aromatic rings. The summed E-state index contributed by atoms with van der Waals surface area (Å²) in [5.41, 5.74) is 2.68. The van der Waals surface area contributed by atoms with Crippen LogP contribution in [0.2, 0.25) is 4.34 Å². The van der Waals surface area contributed by atoms with Crippen molar-refractivity contribution in [3.8, 4) is 5.75 Å². The van der Waals surface area contributed by atoms with Crippen LogP contribution in [-0.2, 0) is 13.0 Å². The van der Waals surface area contributed by atoms with Crippen LogP contribution in [0.15, 0.2) is 30.3 Å². The second-order valence-electron chi connectivity index (χ2n) is 5.01. The Labute approximate surface area is 128 Å². The minimum Gasteiger partial charge on any atom is -0.493 e. The van der Waals surface area contributed by atoms with Gasteiger partial charge in [0.15, 0.2) is 0 Å². The summed E-state index contributed by atoms with van der Waals surface area (Å²) in [5.74, 6) is 1.05. The zero-order valence-electron chi connectivity index (χ0n) is 11.5. The summed E-state index contributed by atoms with van der Waals surface area (Å²) in [7, 11) is 0. The standard InChI is InChI=1S/C16H18ClNOS/c1-2-14(18-10-13-4-6-16(17)20-13)11-3-5-15-12(9-11)7-8-19-15/h3-6,9,14,18H,2,7-8,10H2,1H3. The van der Waals surface area contributed by atoms with Crippen LogP contribution in [0.25, 0.3) is 0 Å². The Balaban J connectivity index is 1.69. The number of nitrogens with one attached hydrogen (secondary N) is 1. The molecule has 2 heterocycles. The summed E-state index contributed by atoms with van der Waals surface area (Å²) >= 11 is 7.61. The number of fused-ring (bicyclic) bond motifs is 1. The SMILES string of the molecule is CCC(NCc1ccc(Cl)s1)c1ccc2c(c1)CCO2. The maximum atomic E-state index is 5.97. The van der Waals surface area contributed by atoms with Crippen molar-refractivity contribution in [2.75, 3.05) is 6.61 Å². The maximum Gasteiger partial charge on any atom is 0.122 e. The van der Waals surface area contributed by atoms with Crippen LogP contribution >= 0.6 is 22.9 Å². The van der Waals surface area contributed by atoms with Crippen LogP contribution < -0.4 is 10.1 Å². The summed E-state index contributed by atoms with van der Waals surface area (Å²) in [6.07, 6.45) is 2.10. The molecule has 1 aromatic carbocycles. The fourth-order valence-electron chi connectivity index (χ4n) is 2.59. The van der Waals surface area contributed by atoms with Crippen molar-refractivity contribution in [2.24, 2.45) is 0 Å². The van der Waals surface area contributed by atoms with E-state index in [0.717, 1.165) is 36.1 Å². The van der Waals surface area contributed by atoms with Gasteiger partial charge in [0.1, 0.15) is 5.75 Å². The van der Waals surface area contributed by atoms with Crippen LogP contribution in [-0.4, -0.2) is 6.61 Å². The van der Waals surface area contributed by atoms with Crippen molar-refractivity contribution in [1.82, 2.24) is 5.32 Å². The second kappa shape index (κ2) is 6.17. The summed E-state index contributed by atoms with van der Waals surface area (Å²) in [5, 5.41) is 3.62. The number of halogens is 1. The molecule has 0 saturated carbocycles. The molecule has 1 aromatic heterocycles. The molecular formula is C16H18ClNOS. The number of hydrogen-bond donors (Lipinski definition) is 1. The molecule has 0 amide bonds. The monoisotopic (exact) mass is 307 g/mol. The van der Waals surface area contributed by atoms with E-state index in [9.17, 15) is 0 Å². The maximum absolute atomic E-state index is 5.97. The van der Waals surface area contributed by atoms with Gasteiger partial charge >= 0.3 is 0 Å². The van der Waals surface area contributed by atoms with E-state index in [-0.39, 0.29) is 0 Å². The van der Waals surface area contributed by atoms with Crippen molar-refractivity contribution in [2.45, 2.75) is 32.4 Å². The Morgan fingerprint density at radius 2 is 2.25 bits per heavy atom. The highest BCUT2D eigenvalue weighted by Gasteiger charge is 2.16. The van der Waals surface area contributed by atoms with Gasteiger partial charge in [-0.1, -0.05) is 30.7 Å². The van der Waals surface area contributed by atoms with E-state index in [1.165, 1.54) is 16.0 Å². The van der Waals surface area contributed by atoms with Gasteiger partial charge in [-0.15, -0.1) is 11.3 Å². The fraction of sp³-hybridized carbons (Fsp3) is 0.375. The first-order valence-corrected chi connectivity index (χ1v) is 8.19. The molecular weight excluding hydrogens is 290 g/mol. The lowest BCUT2D eigenvalue weighted by atomic mass is 10.0. The van der Waals surface area contributed by atoms with E-state index in [4.69, 9.17) is 16.3 Å². The molecule has 2 nitrogen and oxygen atoms in total. The van der Waals surface area contributed by atoms with E-state index < -0.39 is 0 Å². The average molecular weight is 308 g/mol. The summed E-state index contributed by atoms with van der Waals surface area (Å²) in [6.45, 7) is 3.89. The lowest BCUT2D eigenvalue weighted by molar-refractivity contribution is 0.356. The number of ether oxygens (including phenoxy) is 1. The molecule has 106 valence electrons. The van der Waals surface area contributed by atoms with E-state index in [1.807, 2.05) is 6.07 Å². The number of benzene rings is 1. The van der Waals surface area contributed by atoms with Crippen molar-refractivity contribution in [3.63, 3.8) is 0 Å². The number of rotatable bonds is 5. The van der Waals surface area contributed by atoms with Crippen LogP contribution in [0.3, 0.4) is 0 Å². The molecule has 20 heavy (non-hydrogen) atoms. The lowest BCUT2D eigenvalue weighted by Crippen LogP contribution is -2.19. The molecule has 4 heteroatoms. The summed E-state index contributed by atoms with van der Waals surface area (Å²) < 4.78 is 6.42. The van der Waals surface area contributed by atoms with Gasteiger partial charge in [-0.05, 0) is 35.7 Å². The predicted molar refractivity (Wildman–Crippen MR) is 84.8 cm³/mol. The van der Waals surface area contributed by atoms with Gasteiger partial charge in [0, 0.05) is 23.9 Å². The molecule has 0 bridgehead atoms. The van der Waals surface area contributed by atoms with Gasteiger partial charge in [-0.25, -0.2) is 0 Å². The van der Waals surface area contributed by atoms with Crippen molar-refractivity contribution in [3.05, 3.63) is 50.7 Å². The third-order valence-electron chi connectivity index (χ3n) is 3.68. The third-order valence-corrected chi connectivity index (χ3v) is 4.91. The molecule has 1 aliphatic rings. The lowest BCUT2D eigenvalue weighted by Gasteiger charge is -2.17. The quantitative estimate of drug-likeness (QED) is 0.873. The first kappa shape index (κ1) is 13.9. The fourth-order valence-corrected chi connectivity index (χ4v) is 3.63. The third kappa shape index (κ3) is 3.00. The van der Waals surface area contributed by atoms with E-state index in [1.54, 1.807) is 11.3 Å². The van der Waals surface area contributed by atoms with Crippen molar-refractivity contribution >= 4 is 22.9 Å². The van der Waals surface area contributed by atoms with Gasteiger partial charge in [0.25, 0.3) is 0 Å². The molecule has 0 spiro atoms. The van der Waals surface area contributed by atoms with Gasteiger partial charge < -0.3 is 10.1 Å². The van der Waals surface area contributed by atoms with Crippen LogP contribution in [0, 0.1) is 0 Å². The minimum absolute atomic E-state index is 0.377. The molecule has 1 unspecified atom stereocenters. The Hall–Kier alpha value is -1.03. The predicted octanol–water partition coefficient (Wildman–Crippen LogP) is 4.58. The van der Waals surface area contributed by atoms with Gasteiger partial charge in [0.2, 0.25) is 0 Å². The van der Waals surface area contributed by atoms with Crippen LogP contribution in [0.4, 0.5) is 0 Å². The number of hydrogen-bond acceptors (Lipinski definition) is 3. The first-order chi connectivity index (χ1) is 9.76. The zero-order valence-corrected chi connectivity index (χ0v) is 13.1. The molecule has 3 rings (SSSR count). The average Bonchev–Trinajstić information content (AvgIpc) is 3.07. The second-order valence-corrected chi connectivity index (χ2v) is 6.81. The Morgan fingerprint density at radius 1 is 1.35 bits per heavy atom. The normalized spacial score (nSPS) is 14.9. The highest BCUT2D eigenvalue weighted by molar-refractivity contribution is 7.16. The zero-order chi connectivity index (χ0) is 13.9. The van der Waals surface area contributed by atoms with Crippen LogP contribution in [0.5, 0.6) is 5.75 Å². The molecule has 0 fully saturated rings. The molecule has 1 aliphatic heterocycles. The Morgan fingerprint density at radius 3 is 3.00 bits per heavy atom. The molecule has 1 N–H and O–H groups in total. The highest BCUT2D eigenvalue weighted by Crippen LogP contribution is 2.29.